The first-order chi connectivity index (χ1) is 14.5. The van der Waals surface area contributed by atoms with Crippen molar-refractivity contribution in [3.63, 3.8) is 0 Å². The first-order valence-electron chi connectivity index (χ1n) is 11.1. The van der Waals surface area contributed by atoms with E-state index in [0.717, 1.165) is 43.5 Å². The Morgan fingerprint density at radius 3 is 2.03 bits per heavy atom. The lowest BCUT2D eigenvalue weighted by atomic mass is 9.87. The fourth-order valence-electron chi connectivity index (χ4n) is 3.77. The zero-order valence-corrected chi connectivity index (χ0v) is 19.3. The van der Waals surface area contributed by atoms with Crippen molar-refractivity contribution < 1.29 is 19.1 Å². The molecule has 0 N–H and O–H groups in total. The van der Waals surface area contributed by atoms with Gasteiger partial charge in [-0.25, -0.2) is 4.98 Å². The van der Waals surface area contributed by atoms with E-state index in [0.29, 0.717) is 37.9 Å². The van der Waals surface area contributed by atoms with E-state index in [9.17, 15) is 9.59 Å². The zero-order valence-electron chi connectivity index (χ0n) is 18.5. The van der Waals surface area contributed by atoms with E-state index in [1.165, 1.54) is 11.1 Å². The zero-order chi connectivity index (χ0) is 21.8. The van der Waals surface area contributed by atoms with Crippen LogP contribution in [0.25, 0.3) is 5.57 Å². The van der Waals surface area contributed by atoms with Crippen LogP contribution in [-0.4, -0.2) is 30.1 Å². The first-order valence-corrected chi connectivity index (χ1v) is 12.0. The molecule has 0 saturated carbocycles. The molecule has 2 aliphatic rings. The van der Waals surface area contributed by atoms with Crippen molar-refractivity contribution in [1.82, 2.24) is 4.98 Å². The Kier molecular flexibility index (Phi) is 10.8. The Bertz CT molecular complexity index is 724. The molecule has 166 valence electrons. The summed E-state index contributed by atoms with van der Waals surface area (Å²) in [7, 11) is 0. The molecule has 1 aromatic heterocycles. The molecule has 0 fully saturated rings. The minimum absolute atomic E-state index is 0.0412. The SMILES string of the molecule is CCOC(=O)CC1CC=C(C)CC1.CCOC(=O)CC1CC=C(c2nccs2)CC1. The van der Waals surface area contributed by atoms with Gasteiger partial charge in [-0.2, -0.15) is 0 Å². The molecule has 1 heterocycles. The van der Waals surface area contributed by atoms with Gasteiger partial charge in [-0.05, 0) is 76.7 Å². The van der Waals surface area contributed by atoms with E-state index in [-0.39, 0.29) is 11.9 Å². The van der Waals surface area contributed by atoms with Crippen molar-refractivity contribution in [3.8, 4) is 0 Å². The third-order valence-corrected chi connectivity index (χ3v) is 6.34. The number of ether oxygens (including phenoxy) is 2. The Morgan fingerprint density at radius 1 is 1.00 bits per heavy atom. The van der Waals surface area contributed by atoms with Crippen LogP contribution >= 0.6 is 11.3 Å². The molecule has 0 spiro atoms. The van der Waals surface area contributed by atoms with Crippen LogP contribution in [0.2, 0.25) is 0 Å². The molecule has 0 amide bonds. The molecular weight excluding hydrogens is 398 g/mol. The normalized spacial score (nSPS) is 20.9. The summed E-state index contributed by atoms with van der Waals surface area (Å²) in [6, 6.07) is 0. The second-order valence-electron chi connectivity index (χ2n) is 7.92. The van der Waals surface area contributed by atoms with Crippen molar-refractivity contribution in [2.24, 2.45) is 11.8 Å². The number of hydrogen-bond acceptors (Lipinski definition) is 6. The fraction of sp³-hybridized carbons (Fsp3) is 0.625. The van der Waals surface area contributed by atoms with Gasteiger partial charge in [0.25, 0.3) is 0 Å². The van der Waals surface area contributed by atoms with Gasteiger partial charge in [-0.1, -0.05) is 17.7 Å². The van der Waals surface area contributed by atoms with Gasteiger partial charge in [-0.15, -0.1) is 11.3 Å². The Balaban J connectivity index is 0.000000222. The van der Waals surface area contributed by atoms with Crippen LogP contribution in [0.4, 0.5) is 0 Å². The molecular formula is C24H35NO4S. The van der Waals surface area contributed by atoms with E-state index in [1.54, 1.807) is 11.3 Å². The van der Waals surface area contributed by atoms with Crippen molar-refractivity contribution >= 4 is 28.8 Å². The molecule has 0 radical (unpaired) electrons. The smallest absolute Gasteiger partial charge is 0.306 e. The van der Waals surface area contributed by atoms with E-state index in [4.69, 9.17) is 9.47 Å². The number of hydrogen-bond donors (Lipinski definition) is 0. The highest BCUT2D eigenvalue weighted by molar-refractivity contribution is 7.10. The highest BCUT2D eigenvalue weighted by Gasteiger charge is 2.20. The van der Waals surface area contributed by atoms with Gasteiger partial charge < -0.3 is 9.47 Å². The number of carbonyl (C=O) groups is 2. The summed E-state index contributed by atoms with van der Waals surface area (Å²) in [6.45, 7) is 6.83. The summed E-state index contributed by atoms with van der Waals surface area (Å²) < 4.78 is 9.89. The molecule has 2 unspecified atom stereocenters. The Labute approximate surface area is 184 Å². The van der Waals surface area contributed by atoms with Crippen LogP contribution in [0.15, 0.2) is 29.3 Å². The van der Waals surface area contributed by atoms with E-state index < -0.39 is 0 Å². The highest BCUT2D eigenvalue weighted by Crippen LogP contribution is 2.32. The number of allylic oxidation sites excluding steroid dienone is 4. The second-order valence-corrected chi connectivity index (χ2v) is 8.81. The van der Waals surface area contributed by atoms with Crippen molar-refractivity contribution in [2.75, 3.05) is 13.2 Å². The number of aromatic nitrogens is 1. The van der Waals surface area contributed by atoms with E-state index in [2.05, 4.69) is 24.1 Å². The molecule has 0 saturated heterocycles. The Hall–Kier alpha value is -1.95. The maximum Gasteiger partial charge on any atom is 0.306 e. The Morgan fingerprint density at radius 2 is 1.60 bits per heavy atom. The standard InChI is InChI=1S/C13H17NO2S.C11H18O2/c1-2-16-12(15)9-10-3-5-11(6-4-10)13-14-7-8-17-13;1-3-13-11(12)8-10-6-4-9(2)5-7-10/h5,7-8,10H,2-4,6,9H2,1H3;4,10H,3,5-8H2,1-2H3. The van der Waals surface area contributed by atoms with Crippen LogP contribution in [0.1, 0.15) is 77.1 Å². The summed E-state index contributed by atoms with van der Waals surface area (Å²) in [5, 5.41) is 3.13. The average Bonchev–Trinajstić information content (AvgIpc) is 3.26. The summed E-state index contributed by atoms with van der Waals surface area (Å²) in [6.07, 6.45) is 13.8. The highest BCUT2D eigenvalue weighted by atomic mass is 32.1. The van der Waals surface area contributed by atoms with Crippen molar-refractivity contribution in [3.05, 3.63) is 34.3 Å². The molecule has 5 nitrogen and oxygen atoms in total. The lowest BCUT2D eigenvalue weighted by molar-refractivity contribution is -0.145. The van der Waals surface area contributed by atoms with Crippen molar-refractivity contribution in [1.29, 1.82) is 0 Å². The van der Waals surface area contributed by atoms with Crippen LogP contribution in [0.3, 0.4) is 0 Å². The quantitative estimate of drug-likeness (QED) is 0.392. The average molecular weight is 434 g/mol. The van der Waals surface area contributed by atoms with Crippen LogP contribution < -0.4 is 0 Å². The molecule has 2 atom stereocenters. The first kappa shape index (κ1) is 24.3. The predicted molar refractivity (Wildman–Crippen MR) is 121 cm³/mol. The van der Waals surface area contributed by atoms with Crippen LogP contribution in [-0.2, 0) is 19.1 Å². The van der Waals surface area contributed by atoms with Gasteiger partial charge in [-0.3, -0.25) is 9.59 Å². The number of esters is 2. The maximum atomic E-state index is 11.4. The summed E-state index contributed by atoms with van der Waals surface area (Å²) in [5.41, 5.74) is 2.79. The van der Waals surface area contributed by atoms with Gasteiger partial charge in [0, 0.05) is 24.4 Å². The van der Waals surface area contributed by atoms with Crippen LogP contribution in [0.5, 0.6) is 0 Å². The van der Waals surface area contributed by atoms with Gasteiger partial charge in [0.05, 0.1) is 13.2 Å². The minimum Gasteiger partial charge on any atom is -0.466 e. The van der Waals surface area contributed by atoms with E-state index in [1.807, 2.05) is 25.4 Å². The summed E-state index contributed by atoms with van der Waals surface area (Å²) >= 11 is 1.68. The monoisotopic (exact) mass is 433 g/mol. The molecule has 1 aromatic rings. The maximum absolute atomic E-state index is 11.4. The number of rotatable bonds is 7. The molecule has 6 heteroatoms. The molecule has 0 aliphatic heterocycles. The third-order valence-electron chi connectivity index (χ3n) is 5.49. The fourth-order valence-corrected chi connectivity index (χ4v) is 4.48. The van der Waals surface area contributed by atoms with Gasteiger partial charge in [0.2, 0.25) is 0 Å². The summed E-state index contributed by atoms with van der Waals surface area (Å²) in [4.78, 5) is 26.8. The molecule has 2 aliphatic carbocycles. The second kappa shape index (κ2) is 13.4. The predicted octanol–water partition coefficient (Wildman–Crippen LogP) is 5.97. The largest absolute Gasteiger partial charge is 0.466 e. The summed E-state index contributed by atoms with van der Waals surface area (Å²) in [5.74, 6) is 0.851. The van der Waals surface area contributed by atoms with E-state index >= 15 is 0 Å². The number of carbonyl (C=O) groups excluding carboxylic acids is 2. The molecule has 30 heavy (non-hydrogen) atoms. The molecule has 3 rings (SSSR count). The lowest BCUT2D eigenvalue weighted by Gasteiger charge is -2.20. The molecule has 0 aromatic carbocycles. The number of thiazole rings is 1. The minimum atomic E-state index is -0.0661. The number of nitrogens with zero attached hydrogens (tertiary/aromatic N) is 1. The van der Waals surface area contributed by atoms with Crippen molar-refractivity contribution in [2.45, 2.75) is 72.1 Å². The lowest BCUT2D eigenvalue weighted by Crippen LogP contribution is -2.13. The van der Waals surface area contributed by atoms with Gasteiger partial charge in [0.15, 0.2) is 0 Å². The molecule has 0 bridgehead atoms. The third kappa shape index (κ3) is 8.82. The van der Waals surface area contributed by atoms with Gasteiger partial charge in [0.1, 0.15) is 5.01 Å². The van der Waals surface area contributed by atoms with Crippen LogP contribution in [0, 0.1) is 11.8 Å². The van der Waals surface area contributed by atoms with Gasteiger partial charge >= 0.3 is 11.9 Å². The topological polar surface area (TPSA) is 65.5 Å².